The lowest BCUT2D eigenvalue weighted by Crippen LogP contribution is -2.24. The number of aromatic amines is 1. The molecule has 2 aromatic heterocycles. The molecule has 4 rings (SSSR count). The highest BCUT2D eigenvalue weighted by Crippen LogP contribution is 2.31. The van der Waals surface area contributed by atoms with Crippen LogP contribution in [0.15, 0.2) is 47.6 Å². The van der Waals surface area contributed by atoms with E-state index in [1.165, 1.54) is 12.1 Å². The Morgan fingerprint density at radius 2 is 1.97 bits per heavy atom. The maximum Gasteiger partial charge on any atom is 0.416 e. The Labute approximate surface area is 200 Å². The molecule has 0 aliphatic rings. The second-order valence-electron chi connectivity index (χ2n) is 7.42. The van der Waals surface area contributed by atoms with E-state index in [0.717, 1.165) is 29.5 Å². The topological polar surface area (TPSA) is 99.4 Å². The first-order chi connectivity index (χ1) is 16.1. The summed E-state index contributed by atoms with van der Waals surface area (Å²) in [6.07, 6.45) is -4.51. The van der Waals surface area contributed by atoms with Crippen molar-refractivity contribution in [3.8, 4) is 5.69 Å². The number of amides is 1. The average molecular weight is 507 g/mol. The van der Waals surface area contributed by atoms with Crippen molar-refractivity contribution >= 4 is 46.0 Å². The predicted octanol–water partition coefficient (Wildman–Crippen LogP) is 5.25. The third-order valence-electron chi connectivity index (χ3n) is 5.07. The summed E-state index contributed by atoms with van der Waals surface area (Å²) >= 11 is 7.33. The van der Waals surface area contributed by atoms with E-state index in [4.69, 9.17) is 17.0 Å². The summed E-state index contributed by atoms with van der Waals surface area (Å²) in [6, 6.07) is 9.68. The molecule has 7 nitrogen and oxygen atoms in total. The number of aryl methyl sites for hydroxylation is 1. The first-order valence-electron chi connectivity index (χ1n) is 9.94. The van der Waals surface area contributed by atoms with Gasteiger partial charge in [-0.2, -0.15) is 18.3 Å². The van der Waals surface area contributed by atoms with E-state index in [-0.39, 0.29) is 16.9 Å². The predicted molar refractivity (Wildman–Crippen MR) is 124 cm³/mol. The van der Waals surface area contributed by atoms with Crippen molar-refractivity contribution < 1.29 is 18.0 Å². The Kier molecular flexibility index (Phi) is 6.41. The van der Waals surface area contributed by atoms with Gasteiger partial charge in [-0.05, 0) is 49.7 Å². The summed E-state index contributed by atoms with van der Waals surface area (Å²) < 4.78 is 40.4. The molecule has 1 amide bonds. The summed E-state index contributed by atoms with van der Waals surface area (Å²) in [6.45, 7) is 3.59. The largest absolute Gasteiger partial charge is 0.416 e. The number of rotatable bonds is 5. The van der Waals surface area contributed by atoms with Gasteiger partial charge in [0.2, 0.25) is 5.91 Å². The van der Waals surface area contributed by atoms with Crippen LogP contribution < -0.4 is 10.8 Å². The lowest BCUT2D eigenvalue weighted by molar-refractivity contribution is -0.137. The number of alkyl halides is 3. The minimum atomic E-state index is -4.51. The number of thioether (sulfide) groups is 1. The number of hydrogen-bond donors (Lipinski definition) is 3. The molecule has 0 radical (unpaired) electrons. The highest BCUT2D eigenvalue weighted by Gasteiger charge is 2.30. The zero-order valence-electron chi connectivity index (χ0n) is 17.9. The maximum atomic E-state index is 12.9. The molecule has 2 aromatic carbocycles. The molecule has 4 aromatic rings. The number of halogens is 4. The number of H-pyrrole nitrogens is 1. The minimum absolute atomic E-state index is 0.0338. The Bertz CT molecular complexity index is 1460. The van der Waals surface area contributed by atoms with Crippen molar-refractivity contribution in [2.75, 3.05) is 11.1 Å². The van der Waals surface area contributed by atoms with Crippen LogP contribution in [0.2, 0.25) is 5.02 Å². The molecular weight excluding hydrogens is 489 g/mol. The number of carbonyl (C=O) groups is 1. The van der Waals surface area contributed by atoms with E-state index in [0.29, 0.717) is 32.6 Å². The summed E-state index contributed by atoms with van der Waals surface area (Å²) in [5, 5.41) is 19.5. The van der Waals surface area contributed by atoms with E-state index >= 15 is 0 Å². The molecule has 0 aliphatic carbocycles. The molecular formula is C22H18ClF3N6OS. The summed E-state index contributed by atoms with van der Waals surface area (Å²) in [4.78, 5) is 17.0. The average Bonchev–Trinajstić information content (AvgIpc) is 3.15. The molecule has 0 atom stereocenters. The quantitative estimate of drug-likeness (QED) is 0.254. The van der Waals surface area contributed by atoms with E-state index in [9.17, 15) is 18.0 Å². The molecule has 12 heteroatoms. The van der Waals surface area contributed by atoms with Crippen molar-refractivity contribution in [2.24, 2.45) is 0 Å². The van der Waals surface area contributed by atoms with Gasteiger partial charge in [0, 0.05) is 16.4 Å². The Hall–Kier alpha value is -3.31. The van der Waals surface area contributed by atoms with E-state index in [1.807, 2.05) is 6.92 Å². The van der Waals surface area contributed by atoms with Crippen LogP contribution in [0.3, 0.4) is 0 Å². The minimum Gasteiger partial charge on any atom is -0.325 e. The summed E-state index contributed by atoms with van der Waals surface area (Å²) in [7, 11) is 0. The fourth-order valence-electron chi connectivity index (χ4n) is 3.39. The first-order valence-corrected chi connectivity index (χ1v) is 11.3. The van der Waals surface area contributed by atoms with E-state index in [2.05, 4.69) is 20.5 Å². The maximum absolute atomic E-state index is 12.9. The van der Waals surface area contributed by atoms with Crippen LogP contribution in [0.1, 0.15) is 16.8 Å². The third-order valence-corrected chi connectivity index (χ3v) is 6.42. The Morgan fingerprint density at radius 1 is 1.24 bits per heavy atom. The molecule has 0 bridgehead atoms. The number of nitrogens with one attached hydrogen (secondary N) is 3. The standard InChI is InChI=1S/C22H18ClF3N6OS/c1-11-15(23)7-4-8-16(11)32-19(27)18-12(2)30-31-20(18)29-21(32)34-10-17(33)28-14-6-3-5-13(9-14)22(24,25)26/h3-9,27H,10H2,1-2H3,(H,28,33)(H,30,31). The van der Waals surface area contributed by atoms with Gasteiger partial charge in [0.05, 0.1) is 22.4 Å². The van der Waals surface area contributed by atoms with Gasteiger partial charge in [-0.3, -0.25) is 19.9 Å². The molecule has 0 fully saturated rings. The van der Waals surface area contributed by atoms with Gasteiger partial charge in [0.1, 0.15) is 5.49 Å². The number of anilines is 1. The van der Waals surface area contributed by atoms with Crippen LogP contribution in [0.25, 0.3) is 16.7 Å². The molecule has 34 heavy (non-hydrogen) atoms. The Morgan fingerprint density at radius 3 is 2.71 bits per heavy atom. The SMILES string of the molecule is Cc1c(Cl)cccc1-n1c(SCC(=O)Nc2cccc(C(F)(F)F)c2)nc2n[nH]c(C)c2c1=N. The second kappa shape index (κ2) is 9.15. The van der Waals surface area contributed by atoms with Crippen LogP contribution >= 0.6 is 23.4 Å². The number of aromatic nitrogens is 4. The van der Waals surface area contributed by atoms with Gasteiger partial charge in [0.25, 0.3) is 0 Å². The van der Waals surface area contributed by atoms with E-state index in [1.54, 1.807) is 29.7 Å². The smallest absolute Gasteiger partial charge is 0.325 e. The lowest BCUT2D eigenvalue weighted by Gasteiger charge is -2.16. The third kappa shape index (κ3) is 4.66. The molecule has 0 aliphatic heterocycles. The van der Waals surface area contributed by atoms with Gasteiger partial charge in [-0.1, -0.05) is 35.5 Å². The lowest BCUT2D eigenvalue weighted by atomic mass is 10.2. The fraction of sp³-hybridized carbons (Fsp3) is 0.182. The monoisotopic (exact) mass is 506 g/mol. The van der Waals surface area contributed by atoms with Crippen LogP contribution in [0.4, 0.5) is 18.9 Å². The van der Waals surface area contributed by atoms with Crippen molar-refractivity contribution in [3.63, 3.8) is 0 Å². The molecule has 0 unspecified atom stereocenters. The van der Waals surface area contributed by atoms with Crippen LogP contribution in [0, 0.1) is 19.3 Å². The summed E-state index contributed by atoms with van der Waals surface area (Å²) in [5.74, 6) is -0.678. The zero-order valence-corrected chi connectivity index (χ0v) is 19.5. The van der Waals surface area contributed by atoms with E-state index < -0.39 is 17.6 Å². The van der Waals surface area contributed by atoms with Gasteiger partial charge >= 0.3 is 6.18 Å². The molecule has 2 heterocycles. The van der Waals surface area contributed by atoms with Crippen molar-refractivity contribution in [1.29, 1.82) is 5.41 Å². The van der Waals surface area contributed by atoms with Crippen molar-refractivity contribution in [2.45, 2.75) is 25.2 Å². The van der Waals surface area contributed by atoms with Crippen LogP contribution in [-0.2, 0) is 11.0 Å². The number of fused-ring (bicyclic) bond motifs is 1. The summed E-state index contributed by atoms with van der Waals surface area (Å²) in [5.41, 5.74) is 1.62. The number of hydrogen-bond acceptors (Lipinski definition) is 5. The normalized spacial score (nSPS) is 11.7. The molecule has 0 saturated heterocycles. The fourth-order valence-corrected chi connectivity index (χ4v) is 4.36. The Balaban J connectivity index is 1.66. The number of benzene rings is 2. The number of nitrogens with zero attached hydrogens (tertiary/aromatic N) is 3. The van der Waals surface area contributed by atoms with Crippen molar-refractivity contribution in [3.05, 3.63) is 69.8 Å². The number of carbonyl (C=O) groups excluding carboxylic acids is 1. The van der Waals surface area contributed by atoms with Gasteiger partial charge in [-0.15, -0.1) is 0 Å². The highest BCUT2D eigenvalue weighted by atomic mass is 35.5. The van der Waals surface area contributed by atoms with Gasteiger partial charge in [-0.25, -0.2) is 4.98 Å². The molecule has 0 saturated carbocycles. The van der Waals surface area contributed by atoms with Gasteiger partial charge < -0.3 is 5.32 Å². The molecule has 0 spiro atoms. The van der Waals surface area contributed by atoms with Crippen LogP contribution in [0.5, 0.6) is 0 Å². The zero-order chi connectivity index (χ0) is 24.6. The molecule has 3 N–H and O–H groups in total. The van der Waals surface area contributed by atoms with Crippen LogP contribution in [-0.4, -0.2) is 31.4 Å². The molecule has 176 valence electrons. The highest BCUT2D eigenvalue weighted by molar-refractivity contribution is 7.99. The van der Waals surface area contributed by atoms with Gasteiger partial charge in [0.15, 0.2) is 10.8 Å². The van der Waals surface area contributed by atoms with Crippen molar-refractivity contribution in [1.82, 2.24) is 19.7 Å². The second-order valence-corrected chi connectivity index (χ2v) is 8.77. The first kappa shape index (κ1) is 23.8.